The van der Waals surface area contributed by atoms with Gasteiger partial charge in [0.2, 0.25) is 17.7 Å². The number of likely N-dealkylation sites (tertiary alicyclic amines) is 1. The van der Waals surface area contributed by atoms with E-state index in [-0.39, 0.29) is 36.6 Å². The summed E-state index contributed by atoms with van der Waals surface area (Å²) in [5.74, 6) is -2.00. The van der Waals surface area contributed by atoms with Crippen molar-refractivity contribution >= 4 is 29.4 Å². The third kappa shape index (κ3) is 4.87. The van der Waals surface area contributed by atoms with Gasteiger partial charge in [-0.15, -0.1) is 0 Å². The number of methoxy groups -OCH3 is 1. The van der Waals surface area contributed by atoms with Gasteiger partial charge in [-0.1, -0.05) is 20.3 Å². The van der Waals surface area contributed by atoms with Gasteiger partial charge in [-0.25, -0.2) is 4.79 Å². The first-order valence-corrected chi connectivity index (χ1v) is 11.0. The van der Waals surface area contributed by atoms with Crippen LogP contribution in [-0.2, 0) is 19.2 Å². The first kappa shape index (κ1) is 23.6. The largest absolute Gasteiger partial charge is 0.497 e. The number of hydrogen-bond donors (Lipinski definition) is 2. The van der Waals surface area contributed by atoms with Gasteiger partial charge in [0, 0.05) is 25.2 Å². The van der Waals surface area contributed by atoms with Crippen molar-refractivity contribution in [1.82, 2.24) is 10.2 Å². The highest BCUT2D eigenvalue weighted by atomic mass is 16.5. The number of anilines is 1. The van der Waals surface area contributed by atoms with Crippen molar-refractivity contribution in [1.29, 1.82) is 0 Å². The van der Waals surface area contributed by atoms with Crippen LogP contribution in [0.25, 0.3) is 0 Å². The predicted octanol–water partition coefficient (Wildman–Crippen LogP) is 1.65. The van der Waals surface area contributed by atoms with Crippen LogP contribution in [0.5, 0.6) is 5.75 Å². The lowest BCUT2D eigenvalue weighted by atomic mass is 9.96. The molecule has 0 radical (unpaired) electrons. The molecule has 3 unspecified atom stereocenters. The molecule has 0 spiro atoms. The minimum Gasteiger partial charge on any atom is -0.497 e. The Bertz CT molecular complexity index is 871. The number of carbonyl (C=O) groups excluding carboxylic acids is 3. The second-order valence-electron chi connectivity index (χ2n) is 8.50. The molecule has 9 heteroatoms. The zero-order valence-electron chi connectivity index (χ0n) is 18.7. The number of nitrogens with one attached hydrogen (secondary N) is 1. The molecule has 2 saturated heterocycles. The van der Waals surface area contributed by atoms with E-state index in [1.807, 2.05) is 13.8 Å². The smallest absolute Gasteiger partial charge is 0.326 e. The number of carbonyl (C=O) groups is 4. The topological polar surface area (TPSA) is 116 Å². The van der Waals surface area contributed by atoms with Gasteiger partial charge < -0.3 is 25.0 Å². The molecule has 3 amide bonds. The molecule has 1 aromatic carbocycles. The Balaban J connectivity index is 1.70. The Morgan fingerprint density at radius 3 is 2.53 bits per heavy atom. The average molecular weight is 446 g/mol. The molecule has 2 aliphatic heterocycles. The SMILES string of the molecule is CCC(C)[C@H](NC(=O)C1CC(=O)N(c2ccc(OC)cc2)C1)C(=O)N1CCCC1C(=O)O. The number of aliphatic carboxylic acids is 1. The second-order valence-corrected chi connectivity index (χ2v) is 8.50. The zero-order valence-corrected chi connectivity index (χ0v) is 18.7. The molecule has 2 N–H and O–H groups in total. The highest BCUT2D eigenvalue weighted by Gasteiger charge is 2.41. The van der Waals surface area contributed by atoms with E-state index in [1.165, 1.54) is 4.90 Å². The minimum atomic E-state index is -1.03. The van der Waals surface area contributed by atoms with Crippen LogP contribution in [-0.4, -0.2) is 66.0 Å². The molecule has 1 aromatic rings. The molecule has 2 heterocycles. The van der Waals surface area contributed by atoms with Crippen molar-refractivity contribution in [3.8, 4) is 5.75 Å². The Kier molecular flexibility index (Phi) is 7.37. The van der Waals surface area contributed by atoms with E-state index in [2.05, 4.69) is 5.32 Å². The van der Waals surface area contributed by atoms with Crippen LogP contribution >= 0.6 is 0 Å². The fourth-order valence-electron chi connectivity index (χ4n) is 4.31. The van der Waals surface area contributed by atoms with Gasteiger partial charge >= 0.3 is 5.97 Å². The second kappa shape index (κ2) is 10.0. The predicted molar refractivity (Wildman–Crippen MR) is 117 cm³/mol. The quantitative estimate of drug-likeness (QED) is 0.629. The lowest BCUT2D eigenvalue weighted by Gasteiger charge is -2.31. The number of carboxylic acids is 1. The van der Waals surface area contributed by atoms with Gasteiger partial charge in [-0.05, 0) is 43.0 Å². The average Bonchev–Trinajstić information content (AvgIpc) is 3.43. The molecular formula is C23H31N3O6. The molecule has 0 aromatic heterocycles. The molecular weight excluding hydrogens is 414 g/mol. The summed E-state index contributed by atoms with van der Waals surface area (Å²) in [6, 6.07) is 5.36. The molecule has 174 valence electrons. The van der Waals surface area contributed by atoms with E-state index >= 15 is 0 Å². The van der Waals surface area contributed by atoms with Crippen LogP contribution in [0.3, 0.4) is 0 Å². The molecule has 9 nitrogen and oxygen atoms in total. The molecule has 3 rings (SSSR count). The van der Waals surface area contributed by atoms with Crippen molar-refractivity contribution in [3.63, 3.8) is 0 Å². The van der Waals surface area contributed by atoms with Crippen molar-refractivity contribution in [2.24, 2.45) is 11.8 Å². The maximum Gasteiger partial charge on any atom is 0.326 e. The minimum absolute atomic E-state index is 0.0563. The number of rotatable bonds is 8. The number of hydrogen-bond acceptors (Lipinski definition) is 5. The van der Waals surface area contributed by atoms with Gasteiger partial charge in [-0.3, -0.25) is 14.4 Å². The number of ether oxygens (including phenoxy) is 1. The number of amides is 3. The van der Waals surface area contributed by atoms with Crippen LogP contribution in [0.2, 0.25) is 0 Å². The van der Waals surface area contributed by atoms with Crippen molar-refractivity contribution in [3.05, 3.63) is 24.3 Å². The van der Waals surface area contributed by atoms with Crippen LogP contribution in [0.4, 0.5) is 5.69 Å². The maximum absolute atomic E-state index is 13.2. The van der Waals surface area contributed by atoms with Crippen LogP contribution in [0, 0.1) is 11.8 Å². The number of benzene rings is 1. The van der Waals surface area contributed by atoms with E-state index < -0.39 is 24.0 Å². The van der Waals surface area contributed by atoms with Gasteiger partial charge in [0.1, 0.15) is 17.8 Å². The van der Waals surface area contributed by atoms with E-state index in [0.717, 1.165) is 0 Å². The van der Waals surface area contributed by atoms with Crippen molar-refractivity contribution in [2.45, 2.75) is 51.6 Å². The van der Waals surface area contributed by atoms with E-state index in [4.69, 9.17) is 4.74 Å². The van der Waals surface area contributed by atoms with Crippen LogP contribution < -0.4 is 15.0 Å². The van der Waals surface area contributed by atoms with E-state index in [1.54, 1.807) is 36.3 Å². The van der Waals surface area contributed by atoms with Crippen LogP contribution in [0.1, 0.15) is 39.5 Å². The molecule has 0 saturated carbocycles. The Labute approximate surface area is 187 Å². The lowest BCUT2D eigenvalue weighted by Crippen LogP contribution is -2.55. The molecule has 0 aliphatic carbocycles. The first-order valence-electron chi connectivity index (χ1n) is 11.0. The Morgan fingerprint density at radius 2 is 1.94 bits per heavy atom. The summed E-state index contributed by atoms with van der Waals surface area (Å²) in [6.45, 7) is 4.37. The fourth-order valence-corrected chi connectivity index (χ4v) is 4.31. The third-order valence-electron chi connectivity index (χ3n) is 6.48. The normalized spacial score (nSPS) is 22.5. The number of carboxylic acid groups (broad SMARTS) is 1. The third-order valence-corrected chi connectivity index (χ3v) is 6.48. The molecule has 4 atom stereocenters. The number of nitrogens with zero attached hydrogens (tertiary/aromatic N) is 2. The summed E-state index contributed by atoms with van der Waals surface area (Å²) >= 11 is 0. The van der Waals surface area contributed by atoms with Gasteiger partial charge in [0.25, 0.3) is 0 Å². The van der Waals surface area contributed by atoms with Gasteiger partial charge in [0.15, 0.2) is 0 Å². The molecule has 0 bridgehead atoms. The molecule has 2 fully saturated rings. The van der Waals surface area contributed by atoms with E-state index in [9.17, 15) is 24.3 Å². The zero-order chi connectivity index (χ0) is 23.4. The first-order chi connectivity index (χ1) is 15.3. The highest BCUT2D eigenvalue weighted by Crippen LogP contribution is 2.28. The van der Waals surface area contributed by atoms with Gasteiger partial charge in [0.05, 0.1) is 13.0 Å². The van der Waals surface area contributed by atoms with Crippen LogP contribution in [0.15, 0.2) is 24.3 Å². The summed E-state index contributed by atoms with van der Waals surface area (Å²) in [4.78, 5) is 53.2. The highest BCUT2D eigenvalue weighted by molar-refractivity contribution is 6.01. The Hall–Kier alpha value is -3.10. The maximum atomic E-state index is 13.2. The molecule has 2 aliphatic rings. The summed E-state index contributed by atoms with van der Waals surface area (Å²) in [5, 5.41) is 12.3. The summed E-state index contributed by atoms with van der Waals surface area (Å²) in [5.41, 5.74) is 0.682. The van der Waals surface area contributed by atoms with Crippen molar-refractivity contribution < 1.29 is 29.0 Å². The molecule has 32 heavy (non-hydrogen) atoms. The van der Waals surface area contributed by atoms with Crippen molar-refractivity contribution in [2.75, 3.05) is 25.1 Å². The summed E-state index contributed by atoms with van der Waals surface area (Å²) in [6.07, 6.45) is 1.73. The lowest BCUT2D eigenvalue weighted by molar-refractivity contribution is -0.150. The Morgan fingerprint density at radius 1 is 1.25 bits per heavy atom. The summed E-state index contributed by atoms with van der Waals surface area (Å²) in [7, 11) is 1.56. The summed E-state index contributed by atoms with van der Waals surface area (Å²) < 4.78 is 5.14. The van der Waals surface area contributed by atoms with E-state index in [0.29, 0.717) is 37.2 Å². The fraction of sp³-hybridized carbons (Fsp3) is 0.565. The standard InChI is InChI=1S/C23H31N3O6/c1-4-14(2)20(22(29)25-11-5-6-18(25)23(30)31)24-21(28)15-12-19(27)26(13-15)16-7-9-17(32-3)10-8-16/h7-10,14-15,18,20H,4-6,11-13H2,1-3H3,(H,24,28)(H,30,31)/t14?,15?,18?,20-/m0/s1. The van der Waals surface area contributed by atoms with Gasteiger partial charge in [-0.2, -0.15) is 0 Å². The monoisotopic (exact) mass is 445 g/mol.